The van der Waals surface area contributed by atoms with Crippen LogP contribution in [0, 0.1) is 0 Å². The van der Waals surface area contributed by atoms with Crippen molar-refractivity contribution in [1.82, 2.24) is 4.90 Å². The summed E-state index contributed by atoms with van der Waals surface area (Å²) in [6, 6.07) is 9.15. The number of hydrogen-bond donors (Lipinski definition) is 0. The van der Waals surface area contributed by atoms with Crippen molar-refractivity contribution in [3.8, 4) is 11.1 Å². The van der Waals surface area contributed by atoms with Gasteiger partial charge in [0.2, 0.25) is 0 Å². The molecule has 1 amide bonds. The van der Waals surface area contributed by atoms with Crippen molar-refractivity contribution in [2.45, 2.75) is 6.92 Å². The van der Waals surface area contributed by atoms with Gasteiger partial charge in [0.15, 0.2) is 0 Å². The smallest absolute Gasteiger partial charge is 0.348 e. The molecule has 1 aromatic heterocycles. The highest BCUT2D eigenvalue weighted by atomic mass is 32.1. The Labute approximate surface area is 128 Å². The molecule has 0 aliphatic rings. The highest BCUT2D eigenvalue weighted by molar-refractivity contribution is 7.12. The van der Waals surface area contributed by atoms with Gasteiger partial charge in [-0.2, -0.15) is 0 Å². The number of thiophene rings is 1. The fourth-order valence-electron chi connectivity index (χ4n) is 1.94. The average molecular weight is 303 g/mol. The van der Waals surface area contributed by atoms with Crippen LogP contribution in [0.5, 0.6) is 0 Å². The van der Waals surface area contributed by atoms with Crippen LogP contribution in [0.25, 0.3) is 11.1 Å². The molecule has 110 valence electrons. The van der Waals surface area contributed by atoms with E-state index in [0.29, 0.717) is 17.0 Å². The molecule has 0 spiro atoms. The maximum absolute atomic E-state index is 12.0. The van der Waals surface area contributed by atoms with Gasteiger partial charge in [-0.25, -0.2) is 4.79 Å². The van der Waals surface area contributed by atoms with Crippen molar-refractivity contribution in [2.24, 2.45) is 0 Å². The lowest BCUT2D eigenvalue weighted by Gasteiger charge is -2.14. The lowest BCUT2D eigenvalue weighted by atomic mass is 10.0. The zero-order chi connectivity index (χ0) is 15.4. The molecule has 0 saturated carbocycles. The maximum atomic E-state index is 12.0. The Morgan fingerprint density at radius 2 is 1.86 bits per heavy atom. The molecule has 21 heavy (non-hydrogen) atoms. The van der Waals surface area contributed by atoms with E-state index in [2.05, 4.69) is 0 Å². The molecule has 5 heteroatoms. The van der Waals surface area contributed by atoms with Gasteiger partial charge in [-0.1, -0.05) is 12.1 Å². The van der Waals surface area contributed by atoms with Crippen LogP contribution in [-0.2, 0) is 4.74 Å². The number of carbonyl (C=O) groups excluding carboxylic acids is 2. The SMILES string of the molecule is CCN(C)C(=O)c1ccc(-c2ccsc2C(=O)OC)cc1. The predicted molar refractivity (Wildman–Crippen MR) is 83.7 cm³/mol. The zero-order valence-corrected chi connectivity index (χ0v) is 13.1. The molecule has 0 unspecified atom stereocenters. The van der Waals surface area contributed by atoms with Crippen molar-refractivity contribution in [3.63, 3.8) is 0 Å². The zero-order valence-electron chi connectivity index (χ0n) is 12.3. The summed E-state index contributed by atoms with van der Waals surface area (Å²) in [6.07, 6.45) is 0. The van der Waals surface area contributed by atoms with E-state index in [1.165, 1.54) is 18.4 Å². The van der Waals surface area contributed by atoms with Crippen molar-refractivity contribution in [2.75, 3.05) is 20.7 Å². The second-order valence-electron chi connectivity index (χ2n) is 4.55. The van der Waals surface area contributed by atoms with E-state index < -0.39 is 0 Å². The normalized spacial score (nSPS) is 10.2. The van der Waals surface area contributed by atoms with Gasteiger partial charge in [0.05, 0.1) is 7.11 Å². The Hall–Kier alpha value is -2.14. The van der Waals surface area contributed by atoms with Gasteiger partial charge in [0.25, 0.3) is 5.91 Å². The molecule has 0 fully saturated rings. The number of methoxy groups -OCH3 is 1. The standard InChI is InChI=1S/C16H17NO3S/c1-4-17(2)15(18)12-7-5-11(6-8-12)13-9-10-21-14(13)16(19)20-3/h5-10H,4H2,1-3H3. The van der Waals surface area contributed by atoms with Crippen LogP contribution < -0.4 is 0 Å². The minimum atomic E-state index is -0.342. The van der Waals surface area contributed by atoms with Crippen LogP contribution in [0.2, 0.25) is 0 Å². The first-order valence-electron chi connectivity index (χ1n) is 6.60. The van der Waals surface area contributed by atoms with Gasteiger partial charge in [-0.05, 0) is 36.1 Å². The fourth-order valence-corrected chi connectivity index (χ4v) is 2.78. The monoisotopic (exact) mass is 303 g/mol. The predicted octanol–water partition coefficient (Wildman–Crippen LogP) is 3.29. The largest absolute Gasteiger partial charge is 0.465 e. The number of amides is 1. The third-order valence-electron chi connectivity index (χ3n) is 3.30. The Morgan fingerprint density at radius 3 is 2.43 bits per heavy atom. The highest BCUT2D eigenvalue weighted by Gasteiger charge is 2.16. The molecular weight excluding hydrogens is 286 g/mol. The van der Waals surface area contributed by atoms with E-state index >= 15 is 0 Å². The lowest BCUT2D eigenvalue weighted by molar-refractivity contribution is 0.0606. The van der Waals surface area contributed by atoms with Crippen molar-refractivity contribution < 1.29 is 14.3 Å². The van der Waals surface area contributed by atoms with Crippen molar-refractivity contribution >= 4 is 23.2 Å². The van der Waals surface area contributed by atoms with Crippen LogP contribution >= 0.6 is 11.3 Å². The molecule has 4 nitrogen and oxygen atoms in total. The summed E-state index contributed by atoms with van der Waals surface area (Å²) in [5, 5.41) is 1.85. The van der Waals surface area contributed by atoms with Crippen LogP contribution in [-0.4, -0.2) is 37.5 Å². The highest BCUT2D eigenvalue weighted by Crippen LogP contribution is 2.29. The third kappa shape index (κ3) is 3.13. The Kier molecular flexibility index (Phi) is 4.75. The molecular formula is C16H17NO3S. The molecule has 1 heterocycles. The van der Waals surface area contributed by atoms with Crippen LogP contribution in [0.1, 0.15) is 27.0 Å². The van der Waals surface area contributed by atoms with Gasteiger partial charge < -0.3 is 9.64 Å². The van der Waals surface area contributed by atoms with Gasteiger partial charge in [-0.15, -0.1) is 11.3 Å². The third-order valence-corrected chi connectivity index (χ3v) is 4.19. The number of hydrogen-bond acceptors (Lipinski definition) is 4. The minimum Gasteiger partial charge on any atom is -0.465 e. The van der Waals surface area contributed by atoms with E-state index in [4.69, 9.17) is 4.74 Å². The molecule has 0 bridgehead atoms. The van der Waals surface area contributed by atoms with Crippen LogP contribution in [0.4, 0.5) is 0 Å². The first kappa shape index (κ1) is 15.3. The molecule has 0 N–H and O–H groups in total. The lowest BCUT2D eigenvalue weighted by Crippen LogP contribution is -2.26. The van der Waals surface area contributed by atoms with Crippen LogP contribution in [0.3, 0.4) is 0 Å². The van der Waals surface area contributed by atoms with Gasteiger partial charge in [-0.3, -0.25) is 4.79 Å². The Morgan fingerprint density at radius 1 is 1.19 bits per heavy atom. The molecule has 2 aromatic rings. The van der Waals surface area contributed by atoms with E-state index in [0.717, 1.165) is 11.1 Å². The van der Waals surface area contributed by atoms with E-state index in [-0.39, 0.29) is 11.9 Å². The minimum absolute atomic E-state index is 0.0115. The number of benzene rings is 1. The summed E-state index contributed by atoms with van der Waals surface area (Å²) in [6.45, 7) is 2.60. The van der Waals surface area contributed by atoms with E-state index in [1.807, 2.05) is 30.5 Å². The van der Waals surface area contributed by atoms with E-state index in [1.54, 1.807) is 24.1 Å². The summed E-state index contributed by atoms with van der Waals surface area (Å²) in [7, 11) is 3.14. The number of ether oxygens (including phenoxy) is 1. The Balaban J connectivity index is 2.30. The molecule has 1 aromatic carbocycles. The topological polar surface area (TPSA) is 46.6 Å². The summed E-state index contributed by atoms with van der Waals surface area (Å²) in [5.41, 5.74) is 2.36. The second kappa shape index (κ2) is 6.54. The van der Waals surface area contributed by atoms with Gasteiger partial charge in [0.1, 0.15) is 4.88 Å². The number of carbonyl (C=O) groups is 2. The number of esters is 1. The first-order chi connectivity index (χ1) is 10.1. The molecule has 0 aliphatic heterocycles. The summed E-state index contributed by atoms with van der Waals surface area (Å²) >= 11 is 1.35. The molecule has 0 radical (unpaired) electrons. The first-order valence-corrected chi connectivity index (χ1v) is 7.48. The maximum Gasteiger partial charge on any atom is 0.348 e. The molecule has 0 saturated heterocycles. The van der Waals surface area contributed by atoms with Gasteiger partial charge in [0, 0.05) is 24.7 Å². The summed E-state index contributed by atoms with van der Waals surface area (Å²) < 4.78 is 4.78. The van der Waals surface area contributed by atoms with Crippen molar-refractivity contribution in [3.05, 3.63) is 46.2 Å². The number of rotatable bonds is 4. The number of nitrogens with zero attached hydrogens (tertiary/aromatic N) is 1. The average Bonchev–Trinajstić information content (AvgIpc) is 3.02. The Bertz CT molecular complexity index is 646. The van der Waals surface area contributed by atoms with E-state index in [9.17, 15) is 9.59 Å². The second-order valence-corrected chi connectivity index (χ2v) is 5.47. The van der Waals surface area contributed by atoms with Crippen molar-refractivity contribution in [1.29, 1.82) is 0 Å². The van der Waals surface area contributed by atoms with Gasteiger partial charge >= 0.3 is 5.97 Å². The fraction of sp³-hybridized carbons (Fsp3) is 0.250. The summed E-state index contributed by atoms with van der Waals surface area (Å²) in [4.78, 5) is 26.0. The molecule has 0 atom stereocenters. The molecule has 2 rings (SSSR count). The van der Waals surface area contributed by atoms with Crippen LogP contribution in [0.15, 0.2) is 35.7 Å². The quantitative estimate of drug-likeness (QED) is 0.814. The molecule has 0 aliphatic carbocycles. The summed E-state index contributed by atoms with van der Waals surface area (Å²) in [5.74, 6) is -0.353.